The fourth-order valence-corrected chi connectivity index (χ4v) is 3.53. The molecule has 8 nitrogen and oxygen atoms in total. The van der Waals surface area contributed by atoms with Crippen LogP contribution in [0.5, 0.6) is 5.75 Å². The Morgan fingerprint density at radius 3 is 2.85 bits per heavy atom. The van der Waals surface area contributed by atoms with Crippen LogP contribution in [-0.4, -0.2) is 39.3 Å². The summed E-state index contributed by atoms with van der Waals surface area (Å²) in [6.45, 7) is 1.92. The second-order valence-electron chi connectivity index (χ2n) is 7.33. The highest BCUT2D eigenvalue weighted by atomic mass is 16.6. The molecule has 0 unspecified atom stereocenters. The minimum Gasteiger partial charge on any atom is -0.482 e. The number of nitrogens with zero attached hydrogens (tertiary/aromatic N) is 3. The van der Waals surface area contributed by atoms with E-state index in [0.717, 1.165) is 33.1 Å². The molecule has 0 aliphatic rings. The van der Waals surface area contributed by atoms with Gasteiger partial charge in [-0.15, -0.1) is 0 Å². The molecule has 0 aliphatic heterocycles. The molecular weight excluding hydrogens is 418 g/mol. The molecule has 3 aromatic carbocycles. The van der Waals surface area contributed by atoms with Crippen molar-refractivity contribution in [3.63, 3.8) is 0 Å². The SMILES string of the molecule is CCOC(=O)COc1cccc(-c2nc(Nc3ccc4[nH]ncc4c3)c3ccccc3n2)c1. The van der Waals surface area contributed by atoms with Crippen molar-refractivity contribution in [3.05, 3.63) is 72.9 Å². The number of carbonyl (C=O) groups excluding carboxylic acids is 1. The lowest BCUT2D eigenvalue weighted by Gasteiger charge is -2.12. The smallest absolute Gasteiger partial charge is 0.344 e. The molecule has 0 amide bonds. The van der Waals surface area contributed by atoms with Gasteiger partial charge < -0.3 is 14.8 Å². The molecule has 2 N–H and O–H groups in total. The van der Waals surface area contributed by atoms with Crippen molar-refractivity contribution in [1.29, 1.82) is 0 Å². The second kappa shape index (κ2) is 8.96. The van der Waals surface area contributed by atoms with E-state index in [1.165, 1.54) is 0 Å². The van der Waals surface area contributed by atoms with Gasteiger partial charge in [0.05, 0.1) is 23.8 Å². The van der Waals surface area contributed by atoms with Gasteiger partial charge >= 0.3 is 5.97 Å². The molecule has 0 spiro atoms. The Morgan fingerprint density at radius 1 is 1.03 bits per heavy atom. The molecule has 33 heavy (non-hydrogen) atoms. The number of rotatable bonds is 7. The highest BCUT2D eigenvalue weighted by molar-refractivity contribution is 5.93. The molecule has 8 heteroatoms. The number of esters is 1. The van der Waals surface area contributed by atoms with E-state index < -0.39 is 5.97 Å². The van der Waals surface area contributed by atoms with E-state index in [9.17, 15) is 4.79 Å². The minimum atomic E-state index is -0.411. The first-order valence-electron chi connectivity index (χ1n) is 10.6. The molecule has 0 aliphatic carbocycles. The van der Waals surface area contributed by atoms with Gasteiger partial charge in [0, 0.05) is 22.0 Å². The Labute approximate surface area is 189 Å². The summed E-state index contributed by atoms with van der Waals surface area (Å²) in [5.74, 6) is 1.36. The average molecular weight is 439 g/mol. The number of hydrogen-bond acceptors (Lipinski definition) is 7. The zero-order chi connectivity index (χ0) is 22.6. The molecule has 0 fully saturated rings. The van der Waals surface area contributed by atoms with Gasteiger partial charge in [0.25, 0.3) is 0 Å². The maximum absolute atomic E-state index is 11.6. The van der Waals surface area contributed by atoms with Crippen LogP contribution in [0.4, 0.5) is 11.5 Å². The molecule has 164 valence electrons. The summed E-state index contributed by atoms with van der Waals surface area (Å²) in [6, 6.07) is 21.1. The maximum atomic E-state index is 11.6. The minimum absolute atomic E-state index is 0.154. The van der Waals surface area contributed by atoms with Crippen molar-refractivity contribution >= 4 is 39.3 Å². The van der Waals surface area contributed by atoms with Gasteiger partial charge in [-0.1, -0.05) is 24.3 Å². The number of benzene rings is 3. The number of aromatic nitrogens is 4. The molecule has 0 bridgehead atoms. The largest absolute Gasteiger partial charge is 0.482 e. The van der Waals surface area contributed by atoms with Crippen LogP contribution in [0.2, 0.25) is 0 Å². The highest BCUT2D eigenvalue weighted by Gasteiger charge is 2.12. The summed E-state index contributed by atoms with van der Waals surface area (Å²) >= 11 is 0. The van der Waals surface area contributed by atoms with Crippen LogP contribution >= 0.6 is 0 Å². The summed E-state index contributed by atoms with van der Waals surface area (Å²) in [7, 11) is 0. The summed E-state index contributed by atoms with van der Waals surface area (Å²) in [5, 5.41) is 12.4. The van der Waals surface area contributed by atoms with Crippen molar-refractivity contribution in [2.75, 3.05) is 18.5 Å². The number of anilines is 2. The van der Waals surface area contributed by atoms with Gasteiger partial charge in [-0.25, -0.2) is 14.8 Å². The first-order chi connectivity index (χ1) is 16.2. The molecule has 0 radical (unpaired) electrons. The van der Waals surface area contributed by atoms with E-state index in [2.05, 4.69) is 15.5 Å². The standard InChI is InChI=1S/C25H21N5O3/c1-2-32-23(31)15-33-19-7-5-6-16(13-19)24-28-22-9-4-3-8-20(22)25(29-24)27-18-10-11-21-17(12-18)14-26-30-21/h3-14H,2,15H2,1H3,(H,26,30)(H,27,28,29). The molecule has 2 heterocycles. The molecule has 0 saturated carbocycles. The molecule has 0 atom stereocenters. The Kier molecular flexibility index (Phi) is 5.55. The average Bonchev–Trinajstić information content (AvgIpc) is 3.31. The third kappa shape index (κ3) is 4.45. The zero-order valence-corrected chi connectivity index (χ0v) is 17.9. The van der Waals surface area contributed by atoms with Crippen molar-refractivity contribution in [2.45, 2.75) is 6.92 Å². The lowest BCUT2D eigenvalue weighted by Crippen LogP contribution is -2.14. The van der Waals surface area contributed by atoms with Crippen LogP contribution in [0, 0.1) is 0 Å². The lowest BCUT2D eigenvalue weighted by atomic mass is 10.1. The fourth-order valence-electron chi connectivity index (χ4n) is 3.53. The van der Waals surface area contributed by atoms with Gasteiger partial charge in [0.1, 0.15) is 11.6 Å². The van der Waals surface area contributed by atoms with Crippen LogP contribution in [0.15, 0.2) is 72.9 Å². The van der Waals surface area contributed by atoms with Crippen molar-refractivity contribution < 1.29 is 14.3 Å². The normalized spacial score (nSPS) is 10.9. The Balaban J connectivity index is 1.49. The number of fused-ring (bicyclic) bond motifs is 2. The maximum Gasteiger partial charge on any atom is 0.344 e. The lowest BCUT2D eigenvalue weighted by molar-refractivity contribution is -0.145. The number of hydrogen-bond donors (Lipinski definition) is 2. The number of ether oxygens (including phenoxy) is 2. The Hall–Kier alpha value is -4.46. The van der Waals surface area contributed by atoms with E-state index in [-0.39, 0.29) is 6.61 Å². The van der Waals surface area contributed by atoms with E-state index in [0.29, 0.717) is 24.0 Å². The molecule has 5 rings (SSSR count). The van der Waals surface area contributed by atoms with Crippen molar-refractivity contribution in [1.82, 2.24) is 20.2 Å². The number of nitrogens with one attached hydrogen (secondary N) is 2. The summed E-state index contributed by atoms with van der Waals surface area (Å²) in [4.78, 5) is 21.2. The van der Waals surface area contributed by atoms with E-state index >= 15 is 0 Å². The monoisotopic (exact) mass is 439 g/mol. The van der Waals surface area contributed by atoms with E-state index in [1.807, 2.05) is 60.7 Å². The quantitative estimate of drug-likeness (QED) is 0.349. The van der Waals surface area contributed by atoms with Crippen LogP contribution in [0.25, 0.3) is 33.2 Å². The van der Waals surface area contributed by atoms with Crippen LogP contribution in [0.1, 0.15) is 6.92 Å². The number of aromatic amines is 1. The number of H-pyrrole nitrogens is 1. The van der Waals surface area contributed by atoms with Gasteiger partial charge in [0.2, 0.25) is 0 Å². The van der Waals surface area contributed by atoms with Crippen LogP contribution < -0.4 is 10.1 Å². The van der Waals surface area contributed by atoms with Gasteiger partial charge in [0.15, 0.2) is 12.4 Å². The Morgan fingerprint density at radius 2 is 1.94 bits per heavy atom. The topological polar surface area (TPSA) is 102 Å². The van der Waals surface area contributed by atoms with Crippen molar-refractivity contribution in [2.24, 2.45) is 0 Å². The molecule has 5 aromatic rings. The number of para-hydroxylation sites is 1. The predicted molar refractivity (Wildman–Crippen MR) is 126 cm³/mol. The van der Waals surface area contributed by atoms with Gasteiger partial charge in [-0.2, -0.15) is 5.10 Å². The highest BCUT2D eigenvalue weighted by Crippen LogP contribution is 2.29. The second-order valence-corrected chi connectivity index (χ2v) is 7.33. The first kappa shape index (κ1) is 20.4. The van der Waals surface area contributed by atoms with Crippen LogP contribution in [0.3, 0.4) is 0 Å². The summed E-state index contributed by atoms with van der Waals surface area (Å²) in [6.07, 6.45) is 1.78. The Bertz CT molecular complexity index is 1450. The fraction of sp³-hybridized carbons (Fsp3) is 0.120. The molecular formula is C25H21N5O3. The van der Waals surface area contributed by atoms with E-state index in [1.54, 1.807) is 19.2 Å². The summed E-state index contributed by atoms with van der Waals surface area (Å²) < 4.78 is 10.5. The molecule has 2 aromatic heterocycles. The predicted octanol–water partition coefficient (Wildman–Crippen LogP) is 4.86. The van der Waals surface area contributed by atoms with Crippen molar-refractivity contribution in [3.8, 4) is 17.1 Å². The molecule has 0 saturated heterocycles. The summed E-state index contributed by atoms with van der Waals surface area (Å²) in [5.41, 5.74) is 3.45. The third-order valence-corrected chi connectivity index (χ3v) is 5.06. The number of carbonyl (C=O) groups is 1. The zero-order valence-electron chi connectivity index (χ0n) is 17.9. The van der Waals surface area contributed by atoms with Gasteiger partial charge in [-0.05, 0) is 49.4 Å². The van der Waals surface area contributed by atoms with Gasteiger partial charge in [-0.3, -0.25) is 5.10 Å². The van der Waals surface area contributed by atoms with Crippen LogP contribution in [-0.2, 0) is 9.53 Å². The van der Waals surface area contributed by atoms with E-state index in [4.69, 9.17) is 19.4 Å². The third-order valence-electron chi connectivity index (χ3n) is 5.06. The first-order valence-corrected chi connectivity index (χ1v) is 10.6.